The first-order valence-electron chi connectivity index (χ1n) is 6.89. The molecule has 0 saturated carbocycles. The number of H-pyrrole nitrogens is 1. The summed E-state index contributed by atoms with van der Waals surface area (Å²) in [5, 5.41) is 12.1. The van der Waals surface area contributed by atoms with E-state index >= 15 is 0 Å². The molecule has 7 heteroatoms. The van der Waals surface area contributed by atoms with Crippen LogP contribution >= 0.6 is 0 Å². The van der Waals surface area contributed by atoms with Crippen LogP contribution in [0.3, 0.4) is 0 Å². The van der Waals surface area contributed by atoms with Crippen molar-refractivity contribution < 1.29 is 19.4 Å². The van der Waals surface area contributed by atoms with Crippen molar-refractivity contribution in [3.05, 3.63) is 45.9 Å². The topological polar surface area (TPSA) is 93.6 Å². The van der Waals surface area contributed by atoms with E-state index in [1.165, 1.54) is 10.7 Å². The van der Waals surface area contributed by atoms with Crippen LogP contribution < -0.4 is 15.0 Å². The summed E-state index contributed by atoms with van der Waals surface area (Å²) >= 11 is 0. The Bertz CT molecular complexity index is 762. The lowest BCUT2D eigenvalue weighted by Gasteiger charge is -2.15. The first-order valence-corrected chi connectivity index (χ1v) is 6.89. The maximum atomic E-state index is 11.5. The molecular weight excluding hydrogens is 288 g/mol. The Morgan fingerprint density at radius 3 is 2.82 bits per heavy atom. The third-order valence-corrected chi connectivity index (χ3v) is 3.69. The zero-order valence-electron chi connectivity index (χ0n) is 12.0. The predicted octanol–water partition coefficient (Wildman–Crippen LogP) is 1.24. The molecule has 0 fully saturated rings. The predicted molar refractivity (Wildman–Crippen MR) is 77.3 cm³/mol. The van der Waals surface area contributed by atoms with Gasteiger partial charge in [0.2, 0.25) is 6.79 Å². The molecule has 0 spiro atoms. The van der Waals surface area contributed by atoms with E-state index in [0.29, 0.717) is 23.6 Å². The second kappa shape index (κ2) is 5.59. The summed E-state index contributed by atoms with van der Waals surface area (Å²) in [6.07, 6.45) is 0.401. The van der Waals surface area contributed by atoms with Gasteiger partial charge in [-0.2, -0.15) is 0 Å². The van der Waals surface area contributed by atoms with Crippen LogP contribution in [0.4, 0.5) is 0 Å². The van der Waals surface area contributed by atoms with Crippen molar-refractivity contribution in [2.45, 2.75) is 18.8 Å². The average molecular weight is 304 g/mol. The third-order valence-electron chi connectivity index (χ3n) is 3.69. The van der Waals surface area contributed by atoms with Crippen molar-refractivity contribution in [2.24, 2.45) is 7.05 Å². The Balaban J connectivity index is 1.88. The van der Waals surface area contributed by atoms with Gasteiger partial charge in [0, 0.05) is 18.8 Å². The van der Waals surface area contributed by atoms with Gasteiger partial charge in [-0.1, -0.05) is 6.07 Å². The fourth-order valence-corrected chi connectivity index (χ4v) is 2.60. The fourth-order valence-electron chi connectivity index (χ4n) is 2.60. The van der Waals surface area contributed by atoms with Crippen LogP contribution in [-0.2, 0) is 18.3 Å². The summed E-state index contributed by atoms with van der Waals surface area (Å²) < 4.78 is 12.0. The number of nitrogens with zero attached hydrogens (tertiary/aromatic N) is 1. The van der Waals surface area contributed by atoms with Gasteiger partial charge in [-0.15, -0.1) is 0 Å². The van der Waals surface area contributed by atoms with Gasteiger partial charge < -0.3 is 14.6 Å². The highest BCUT2D eigenvalue weighted by molar-refractivity contribution is 5.68. The van der Waals surface area contributed by atoms with Crippen molar-refractivity contribution in [3.8, 4) is 11.5 Å². The Labute approximate surface area is 126 Å². The number of carboxylic acid groups (broad SMARTS) is 1. The van der Waals surface area contributed by atoms with E-state index in [1.54, 1.807) is 19.2 Å². The molecule has 0 saturated heterocycles. The van der Waals surface area contributed by atoms with Crippen molar-refractivity contribution in [2.75, 3.05) is 6.79 Å². The van der Waals surface area contributed by atoms with Crippen molar-refractivity contribution in [1.82, 2.24) is 9.78 Å². The van der Waals surface area contributed by atoms with Crippen LogP contribution in [0.1, 0.15) is 23.6 Å². The van der Waals surface area contributed by atoms with E-state index < -0.39 is 5.97 Å². The number of aliphatic carboxylic acids is 1. The third kappa shape index (κ3) is 2.83. The van der Waals surface area contributed by atoms with Gasteiger partial charge in [0.05, 0.1) is 6.42 Å². The minimum Gasteiger partial charge on any atom is -0.481 e. The number of carbonyl (C=O) groups is 1. The van der Waals surface area contributed by atoms with E-state index in [1.807, 2.05) is 6.07 Å². The summed E-state index contributed by atoms with van der Waals surface area (Å²) in [6, 6.07) is 6.90. The molecule has 3 rings (SSSR count). The Kier molecular flexibility index (Phi) is 3.62. The van der Waals surface area contributed by atoms with Crippen molar-refractivity contribution in [1.29, 1.82) is 0 Å². The van der Waals surface area contributed by atoms with Gasteiger partial charge in [-0.25, -0.2) is 0 Å². The number of aromatic nitrogens is 2. The largest absolute Gasteiger partial charge is 0.481 e. The van der Waals surface area contributed by atoms with Gasteiger partial charge in [0.15, 0.2) is 11.5 Å². The number of aryl methyl sites for hydroxylation is 1. The molecule has 2 aromatic rings. The van der Waals surface area contributed by atoms with Gasteiger partial charge >= 0.3 is 5.97 Å². The SMILES string of the molecule is Cn1[nH]c(CC(CC(=O)O)c2ccc3c(c2)OCO3)cc1=O. The van der Waals surface area contributed by atoms with Gasteiger partial charge in [0.1, 0.15) is 0 Å². The molecule has 0 aliphatic carbocycles. The molecule has 1 unspecified atom stereocenters. The minimum absolute atomic E-state index is 0.0312. The first kappa shape index (κ1) is 14.2. The molecule has 116 valence electrons. The zero-order valence-corrected chi connectivity index (χ0v) is 12.0. The molecule has 2 heterocycles. The number of fused-ring (bicyclic) bond motifs is 1. The van der Waals surface area contributed by atoms with E-state index in [9.17, 15) is 9.59 Å². The molecule has 1 aromatic carbocycles. The molecule has 2 N–H and O–H groups in total. The monoisotopic (exact) mass is 304 g/mol. The first-order chi connectivity index (χ1) is 10.5. The van der Waals surface area contributed by atoms with Crippen molar-refractivity contribution >= 4 is 5.97 Å². The zero-order chi connectivity index (χ0) is 15.7. The molecule has 7 nitrogen and oxygen atoms in total. The second-order valence-electron chi connectivity index (χ2n) is 5.29. The number of aromatic amines is 1. The number of hydrogen-bond acceptors (Lipinski definition) is 4. The minimum atomic E-state index is -0.888. The second-order valence-corrected chi connectivity index (χ2v) is 5.29. The standard InChI is InChI=1S/C15H16N2O5/c1-17-14(18)7-11(16-17)4-10(6-15(19)20)9-2-3-12-13(5-9)22-8-21-12/h2-3,5,7,10,16H,4,6,8H2,1H3,(H,19,20). The highest BCUT2D eigenvalue weighted by atomic mass is 16.7. The molecular formula is C15H16N2O5. The Morgan fingerprint density at radius 1 is 1.36 bits per heavy atom. The highest BCUT2D eigenvalue weighted by Crippen LogP contribution is 2.36. The van der Waals surface area contributed by atoms with Gasteiger partial charge in [-0.3, -0.25) is 19.4 Å². The van der Waals surface area contributed by atoms with Crippen LogP contribution in [0.25, 0.3) is 0 Å². The van der Waals surface area contributed by atoms with E-state index in [0.717, 1.165) is 5.56 Å². The molecule has 0 radical (unpaired) electrons. The molecule has 1 aliphatic heterocycles. The van der Waals surface area contributed by atoms with Crippen molar-refractivity contribution in [3.63, 3.8) is 0 Å². The molecule has 22 heavy (non-hydrogen) atoms. The van der Waals surface area contributed by atoms with Crippen LogP contribution in [0.5, 0.6) is 11.5 Å². The summed E-state index contributed by atoms with van der Waals surface area (Å²) in [5.41, 5.74) is 1.41. The molecule has 1 aromatic heterocycles. The smallest absolute Gasteiger partial charge is 0.303 e. The molecule has 0 bridgehead atoms. The maximum absolute atomic E-state index is 11.5. The highest BCUT2D eigenvalue weighted by Gasteiger charge is 2.21. The summed E-state index contributed by atoms with van der Waals surface area (Å²) in [4.78, 5) is 22.7. The Morgan fingerprint density at radius 2 is 2.14 bits per heavy atom. The lowest BCUT2D eigenvalue weighted by atomic mass is 9.91. The lowest BCUT2D eigenvalue weighted by Crippen LogP contribution is -2.10. The number of benzene rings is 1. The lowest BCUT2D eigenvalue weighted by molar-refractivity contribution is -0.137. The Hall–Kier alpha value is -2.70. The quantitative estimate of drug-likeness (QED) is 0.867. The number of hydrogen-bond donors (Lipinski definition) is 2. The van der Waals surface area contributed by atoms with Crippen LogP contribution in [0, 0.1) is 0 Å². The summed E-state index contributed by atoms with van der Waals surface area (Å²) in [5.74, 6) is 0.131. The van der Waals surface area contributed by atoms with Crippen LogP contribution in [0.15, 0.2) is 29.1 Å². The number of ether oxygens (including phenoxy) is 2. The van der Waals surface area contributed by atoms with Crippen LogP contribution in [-0.4, -0.2) is 27.6 Å². The van der Waals surface area contributed by atoms with E-state index in [-0.39, 0.29) is 24.7 Å². The summed E-state index contributed by atoms with van der Waals surface area (Å²) in [6.45, 7) is 0.175. The average Bonchev–Trinajstić information content (AvgIpc) is 3.04. The number of nitrogens with one attached hydrogen (secondary N) is 1. The van der Waals surface area contributed by atoms with Gasteiger partial charge in [0.25, 0.3) is 5.56 Å². The summed E-state index contributed by atoms with van der Waals surface area (Å²) in [7, 11) is 1.62. The van der Waals surface area contributed by atoms with Gasteiger partial charge in [-0.05, 0) is 30.0 Å². The molecule has 1 atom stereocenters. The van der Waals surface area contributed by atoms with Crippen LogP contribution in [0.2, 0.25) is 0 Å². The normalized spacial score (nSPS) is 14.0. The molecule has 1 aliphatic rings. The number of rotatable bonds is 5. The number of carboxylic acids is 1. The van der Waals surface area contributed by atoms with E-state index in [4.69, 9.17) is 14.6 Å². The fraction of sp³-hybridized carbons (Fsp3) is 0.333. The van der Waals surface area contributed by atoms with E-state index in [2.05, 4.69) is 5.10 Å². The maximum Gasteiger partial charge on any atom is 0.303 e. The molecule has 0 amide bonds.